The van der Waals surface area contributed by atoms with Crippen molar-refractivity contribution in [2.75, 3.05) is 6.61 Å². The van der Waals surface area contributed by atoms with Crippen LogP contribution >= 0.6 is 0 Å². The summed E-state index contributed by atoms with van der Waals surface area (Å²) in [6, 6.07) is 9.01. The topological polar surface area (TPSA) is 55.4 Å². The number of alkyl carbamates (subject to hydrolysis) is 1. The first-order chi connectivity index (χ1) is 7.72. The molecule has 82 valence electrons. The number of amides is 2. The van der Waals surface area contributed by atoms with Crippen molar-refractivity contribution in [3.8, 4) is 11.8 Å². The Balaban J connectivity index is 2.52. The zero-order chi connectivity index (χ0) is 11.8. The molecule has 1 aromatic carbocycles. The molecule has 0 fully saturated rings. The van der Waals surface area contributed by atoms with Crippen LogP contribution in [0.5, 0.6) is 0 Å². The third-order valence-electron chi connectivity index (χ3n) is 1.59. The van der Waals surface area contributed by atoms with Crippen LogP contribution in [0.3, 0.4) is 0 Å². The van der Waals surface area contributed by atoms with E-state index in [2.05, 4.69) is 16.6 Å². The summed E-state index contributed by atoms with van der Waals surface area (Å²) in [5, 5.41) is 1.98. The molecule has 0 saturated heterocycles. The molecule has 0 aromatic heterocycles. The summed E-state index contributed by atoms with van der Waals surface area (Å²) in [5.41, 5.74) is 0.710. The van der Waals surface area contributed by atoms with Gasteiger partial charge in [-0.1, -0.05) is 24.1 Å². The molecule has 2 amide bonds. The monoisotopic (exact) mass is 217 g/mol. The first-order valence-electron chi connectivity index (χ1n) is 4.77. The zero-order valence-corrected chi connectivity index (χ0v) is 8.82. The van der Waals surface area contributed by atoms with E-state index in [9.17, 15) is 9.59 Å². The normalized spacial score (nSPS) is 8.56. The molecule has 0 aliphatic heterocycles. The van der Waals surface area contributed by atoms with Crippen molar-refractivity contribution in [3.05, 3.63) is 35.9 Å². The van der Waals surface area contributed by atoms with Gasteiger partial charge in [0.05, 0.1) is 6.61 Å². The van der Waals surface area contributed by atoms with Gasteiger partial charge < -0.3 is 4.74 Å². The van der Waals surface area contributed by atoms with Crippen molar-refractivity contribution >= 4 is 12.0 Å². The Morgan fingerprint density at radius 3 is 2.62 bits per heavy atom. The van der Waals surface area contributed by atoms with Gasteiger partial charge in [-0.05, 0) is 19.1 Å². The van der Waals surface area contributed by atoms with E-state index in [0.29, 0.717) is 5.56 Å². The van der Waals surface area contributed by atoms with Crippen molar-refractivity contribution in [1.29, 1.82) is 0 Å². The minimum Gasteiger partial charge on any atom is -0.450 e. The second-order valence-electron chi connectivity index (χ2n) is 2.79. The molecule has 0 unspecified atom stereocenters. The van der Waals surface area contributed by atoms with Crippen LogP contribution in [0.25, 0.3) is 0 Å². The second kappa shape index (κ2) is 6.25. The molecule has 0 aliphatic carbocycles. The Hall–Kier alpha value is -2.28. The molecular weight excluding hydrogens is 206 g/mol. The van der Waals surface area contributed by atoms with Crippen LogP contribution in [0.2, 0.25) is 0 Å². The number of carbonyl (C=O) groups excluding carboxylic acids is 2. The standard InChI is InChI=1S/C12H11NO3/c1-2-16-12(15)13-11(14)9-8-10-6-4-3-5-7-10/h3-7H,2H2,1H3,(H,13,14,15). The van der Waals surface area contributed by atoms with Crippen molar-refractivity contribution in [3.63, 3.8) is 0 Å². The minimum atomic E-state index is -0.783. The molecule has 4 heteroatoms. The summed E-state index contributed by atoms with van der Waals surface area (Å²) in [5.74, 6) is 4.23. The van der Waals surface area contributed by atoms with E-state index in [-0.39, 0.29) is 6.61 Å². The Kier molecular flexibility index (Phi) is 4.61. The lowest BCUT2D eigenvalue weighted by Crippen LogP contribution is -2.29. The molecule has 1 rings (SSSR count). The van der Waals surface area contributed by atoms with E-state index < -0.39 is 12.0 Å². The number of carbonyl (C=O) groups is 2. The maximum absolute atomic E-state index is 11.1. The SMILES string of the molecule is CCOC(=O)NC(=O)C#Cc1ccccc1. The number of imide groups is 1. The van der Waals surface area contributed by atoms with Gasteiger partial charge in [-0.3, -0.25) is 10.1 Å². The van der Waals surface area contributed by atoms with Crippen LogP contribution in [0.4, 0.5) is 4.79 Å². The van der Waals surface area contributed by atoms with Crippen molar-refractivity contribution in [2.24, 2.45) is 0 Å². The van der Waals surface area contributed by atoms with E-state index in [1.165, 1.54) is 0 Å². The second-order valence-corrected chi connectivity index (χ2v) is 2.79. The number of hydrogen-bond donors (Lipinski definition) is 1. The fourth-order valence-electron chi connectivity index (χ4n) is 0.942. The molecule has 0 bridgehead atoms. The van der Waals surface area contributed by atoms with Gasteiger partial charge >= 0.3 is 12.0 Å². The summed E-state index contributed by atoms with van der Waals surface area (Å²) in [7, 11) is 0. The van der Waals surface area contributed by atoms with Crippen LogP contribution in [0, 0.1) is 11.8 Å². The molecule has 1 N–H and O–H groups in total. The van der Waals surface area contributed by atoms with Crippen LogP contribution in [0.1, 0.15) is 12.5 Å². The predicted octanol–water partition coefficient (Wildman–Crippen LogP) is 1.31. The Morgan fingerprint density at radius 1 is 1.31 bits per heavy atom. The smallest absolute Gasteiger partial charge is 0.414 e. The predicted molar refractivity (Wildman–Crippen MR) is 58.5 cm³/mol. The average molecular weight is 217 g/mol. The molecule has 1 aromatic rings. The first-order valence-corrected chi connectivity index (χ1v) is 4.77. The molecular formula is C12H11NO3. The number of benzene rings is 1. The summed E-state index contributed by atoms with van der Waals surface area (Å²) in [6.45, 7) is 1.87. The van der Waals surface area contributed by atoms with Gasteiger partial charge in [-0.2, -0.15) is 0 Å². The molecule has 0 aliphatic rings. The van der Waals surface area contributed by atoms with E-state index in [0.717, 1.165) is 0 Å². The lowest BCUT2D eigenvalue weighted by atomic mass is 10.2. The van der Waals surface area contributed by atoms with E-state index >= 15 is 0 Å². The Bertz CT molecular complexity index is 429. The van der Waals surface area contributed by atoms with Gasteiger partial charge in [0.25, 0.3) is 0 Å². The number of hydrogen-bond acceptors (Lipinski definition) is 3. The van der Waals surface area contributed by atoms with Crippen molar-refractivity contribution in [2.45, 2.75) is 6.92 Å². The first kappa shape index (κ1) is 11.8. The molecule has 0 atom stereocenters. The van der Waals surface area contributed by atoms with Crippen LogP contribution in [-0.4, -0.2) is 18.6 Å². The highest BCUT2D eigenvalue weighted by Gasteiger charge is 2.03. The van der Waals surface area contributed by atoms with E-state index in [4.69, 9.17) is 0 Å². The van der Waals surface area contributed by atoms with Crippen LogP contribution in [-0.2, 0) is 9.53 Å². The molecule has 0 spiro atoms. The summed E-state index contributed by atoms with van der Waals surface area (Å²) >= 11 is 0. The largest absolute Gasteiger partial charge is 0.450 e. The molecule has 0 radical (unpaired) electrons. The lowest BCUT2D eigenvalue weighted by molar-refractivity contribution is -0.115. The lowest BCUT2D eigenvalue weighted by Gasteiger charge is -1.98. The number of rotatable bonds is 1. The van der Waals surface area contributed by atoms with Crippen LogP contribution in [0.15, 0.2) is 30.3 Å². The summed E-state index contributed by atoms with van der Waals surface area (Å²) in [4.78, 5) is 22.0. The van der Waals surface area contributed by atoms with Crippen molar-refractivity contribution in [1.82, 2.24) is 5.32 Å². The summed E-state index contributed by atoms with van der Waals surface area (Å²) < 4.78 is 4.53. The van der Waals surface area contributed by atoms with Gasteiger partial charge in [0.1, 0.15) is 0 Å². The van der Waals surface area contributed by atoms with Gasteiger partial charge in [0.15, 0.2) is 0 Å². The molecule has 4 nitrogen and oxygen atoms in total. The van der Waals surface area contributed by atoms with E-state index in [1.807, 2.05) is 23.5 Å². The maximum Gasteiger partial charge on any atom is 0.414 e. The fourth-order valence-corrected chi connectivity index (χ4v) is 0.942. The Morgan fingerprint density at radius 2 is 2.00 bits per heavy atom. The maximum atomic E-state index is 11.1. The van der Waals surface area contributed by atoms with Gasteiger partial charge in [0.2, 0.25) is 0 Å². The minimum absolute atomic E-state index is 0.214. The molecule has 0 heterocycles. The number of ether oxygens (including phenoxy) is 1. The molecule has 16 heavy (non-hydrogen) atoms. The van der Waals surface area contributed by atoms with E-state index in [1.54, 1.807) is 19.1 Å². The third kappa shape index (κ3) is 4.29. The Labute approximate surface area is 93.6 Å². The highest BCUT2D eigenvalue weighted by molar-refractivity contribution is 6.02. The fraction of sp³-hybridized carbons (Fsp3) is 0.167. The van der Waals surface area contributed by atoms with Gasteiger partial charge in [0, 0.05) is 11.5 Å². The van der Waals surface area contributed by atoms with Crippen LogP contribution < -0.4 is 5.32 Å². The molecule has 0 saturated carbocycles. The highest BCUT2D eigenvalue weighted by Crippen LogP contribution is 1.94. The van der Waals surface area contributed by atoms with Gasteiger partial charge in [-0.15, -0.1) is 0 Å². The summed E-state index contributed by atoms with van der Waals surface area (Å²) in [6.07, 6.45) is -0.783. The quantitative estimate of drug-likeness (QED) is 0.721. The van der Waals surface area contributed by atoms with Gasteiger partial charge in [-0.25, -0.2) is 4.79 Å². The zero-order valence-electron chi connectivity index (χ0n) is 8.82. The van der Waals surface area contributed by atoms with Crippen molar-refractivity contribution < 1.29 is 14.3 Å². The third-order valence-corrected chi connectivity index (χ3v) is 1.59. The average Bonchev–Trinajstić information content (AvgIpc) is 2.28. The number of nitrogens with one attached hydrogen (secondary N) is 1. The highest BCUT2D eigenvalue weighted by atomic mass is 16.5.